The number of amides is 1. The topological polar surface area (TPSA) is 110 Å². The summed E-state index contributed by atoms with van der Waals surface area (Å²) in [4.78, 5) is 15.4. The largest absolute Gasteiger partial charge is 0.397 e. The van der Waals surface area contributed by atoms with Crippen molar-refractivity contribution in [1.82, 2.24) is 4.90 Å². The second-order valence-electron chi connectivity index (χ2n) is 4.69. The molecule has 0 aromatic heterocycles. The maximum absolute atomic E-state index is 12.1. The zero-order valence-corrected chi connectivity index (χ0v) is 13.4. The SMILES string of the molecule is CCN(CC)C(=O)CN(C)c1ccc(S(N)(=O)=O)cc1N. The van der Waals surface area contributed by atoms with Crippen molar-refractivity contribution in [3.8, 4) is 0 Å². The van der Waals surface area contributed by atoms with Crippen LogP contribution in [0.4, 0.5) is 11.4 Å². The number of likely N-dealkylation sites (N-methyl/N-ethyl adjacent to an activating group) is 2. The molecule has 1 rings (SSSR count). The van der Waals surface area contributed by atoms with Crippen molar-refractivity contribution in [1.29, 1.82) is 0 Å². The molecule has 4 N–H and O–H groups in total. The quantitative estimate of drug-likeness (QED) is 0.730. The van der Waals surface area contributed by atoms with Gasteiger partial charge in [0, 0.05) is 20.1 Å². The monoisotopic (exact) mass is 314 g/mol. The number of rotatable bonds is 6. The molecule has 0 heterocycles. The van der Waals surface area contributed by atoms with Gasteiger partial charge in [-0.1, -0.05) is 0 Å². The highest BCUT2D eigenvalue weighted by atomic mass is 32.2. The minimum Gasteiger partial charge on any atom is -0.397 e. The van der Waals surface area contributed by atoms with Gasteiger partial charge in [-0.2, -0.15) is 0 Å². The number of hydrogen-bond donors (Lipinski definition) is 2. The fourth-order valence-corrected chi connectivity index (χ4v) is 2.57. The lowest BCUT2D eigenvalue weighted by molar-refractivity contribution is -0.129. The van der Waals surface area contributed by atoms with E-state index in [2.05, 4.69) is 0 Å². The summed E-state index contributed by atoms with van der Waals surface area (Å²) in [5.74, 6) is -0.0163. The van der Waals surface area contributed by atoms with Crippen LogP contribution in [0, 0.1) is 0 Å². The van der Waals surface area contributed by atoms with Gasteiger partial charge < -0.3 is 15.5 Å². The van der Waals surface area contributed by atoms with Gasteiger partial charge in [-0.3, -0.25) is 4.79 Å². The summed E-state index contributed by atoms with van der Waals surface area (Å²) >= 11 is 0. The van der Waals surface area contributed by atoms with Gasteiger partial charge in [-0.25, -0.2) is 13.6 Å². The molecule has 1 amide bonds. The van der Waals surface area contributed by atoms with E-state index in [4.69, 9.17) is 10.9 Å². The highest BCUT2D eigenvalue weighted by Gasteiger charge is 2.16. The van der Waals surface area contributed by atoms with E-state index in [1.54, 1.807) is 22.9 Å². The highest BCUT2D eigenvalue weighted by molar-refractivity contribution is 7.89. The van der Waals surface area contributed by atoms with Gasteiger partial charge in [0.15, 0.2) is 0 Å². The van der Waals surface area contributed by atoms with Crippen molar-refractivity contribution in [3.63, 3.8) is 0 Å². The van der Waals surface area contributed by atoms with Gasteiger partial charge >= 0.3 is 0 Å². The van der Waals surface area contributed by atoms with Crippen LogP contribution in [0.2, 0.25) is 0 Å². The molecule has 0 aliphatic rings. The maximum Gasteiger partial charge on any atom is 0.242 e. The first-order chi connectivity index (χ1) is 9.70. The van der Waals surface area contributed by atoms with Crippen molar-refractivity contribution < 1.29 is 13.2 Å². The van der Waals surface area contributed by atoms with Crippen LogP contribution in [-0.2, 0) is 14.8 Å². The molecule has 0 atom stereocenters. The Bertz CT molecular complexity index is 612. The van der Waals surface area contributed by atoms with Crippen molar-refractivity contribution in [2.24, 2.45) is 5.14 Å². The summed E-state index contributed by atoms with van der Waals surface area (Å²) in [6, 6.07) is 4.22. The molecule has 0 saturated heterocycles. The first-order valence-electron chi connectivity index (χ1n) is 6.61. The number of nitrogens with two attached hydrogens (primary N) is 2. The van der Waals surface area contributed by atoms with Gasteiger partial charge in [0.1, 0.15) is 0 Å². The molecule has 0 bridgehead atoms. The van der Waals surface area contributed by atoms with Crippen molar-refractivity contribution >= 4 is 27.3 Å². The van der Waals surface area contributed by atoms with Crippen molar-refractivity contribution in [2.45, 2.75) is 18.7 Å². The van der Waals surface area contributed by atoms with E-state index >= 15 is 0 Å². The Balaban J connectivity index is 2.94. The predicted octanol–water partition coefficient (Wildman–Crippen LogP) is 0.221. The maximum atomic E-state index is 12.1. The molecule has 7 nitrogen and oxygen atoms in total. The van der Waals surface area contributed by atoms with Crippen LogP contribution in [0.1, 0.15) is 13.8 Å². The van der Waals surface area contributed by atoms with Crippen LogP contribution in [-0.4, -0.2) is 45.9 Å². The molecule has 1 aromatic carbocycles. The van der Waals surface area contributed by atoms with Crippen LogP contribution in [0.15, 0.2) is 23.1 Å². The number of primary sulfonamides is 1. The van der Waals surface area contributed by atoms with E-state index in [1.165, 1.54) is 12.1 Å². The lowest BCUT2D eigenvalue weighted by atomic mass is 10.2. The normalized spacial score (nSPS) is 11.2. The average molecular weight is 314 g/mol. The van der Waals surface area contributed by atoms with Gasteiger partial charge in [-0.05, 0) is 32.0 Å². The van der Waals surface area contributed by atoms with Crippen LogP contribution in [0.25, 0.3) is 0 Å². The Labute approximate surface area is 125 Å². The van der Waals surface area contributed by atoms with Gasteiger partial charge in [0.05, 0.1) is 22.8 Å². The number of nitrogen functional groups attached to an aromatic ring is 1. The summed E-state index contributed by atoms with van der Waals surface area (Å²) in [6.45, 7) is 5.28. The van der Waals surface area contributed by atoms with E-state index in [-0.39, 0.29) is 23.0 Å². The zero-order chi connectivity index (χ0) is 16.2. The number of benzene rings is 1. The molecule has 21 heavy (non-hydrogen) atoms. The molecule has 8 heteroatoms. The van der Waals surface area contributed by atoms with Crippen LogP contribution >= 0.6 is 0 Å². The number of sulfonamides is 1. The third-order valence-electron chi connectivity index (χ3n) is 3.23. The second-order valence-corrected chi connectivity index (χ2v) is 6.25. The minimum atomic E-state index is -3.79. The Morgan fingerprint density at radius 3 is 2.24 bits per heavy atom. The van der Waals surface area contributed by atoms with Crippen LogP contribution in [0.5, 0.6) is 0 Å². The molecular formula is C13H22N4O3S. The first kappa shape index (κ1) is 17.3. The number of nitrogens with zero attached hydrogens (tertiary/aromatic N) is 2. The third-order valence-corrected chi connectivity index (χ3v) is 4.14. The van der Waals surface area contributed by atoms with E-state index < -0.39 is 10.0 Å². The zero-order valence-electron chi connectivity index (χ0n) is 12.5. The van der Waals surface area contributed by atoms with E-state index in [0.29, 0.717) is 18.8 Å². The molecule has 0 fully saturated rings. The number of hydrogen-bond acceptors (Lipinski definition) is 5. The van der Waals surface area contributed by atoms with Crippen molar-refractivity contribution in [2.75, 3.05) is 37.3 Å². The molecule has 0 radical (unpaired) electrons. The van der Waals surface area contributed by atoms with Crippen molar-refractivity contribution in [3.05, 3.63) is 18.2 Å². The highest BCUT2D eigenvalue weighted by Crippen LogP contribution is 2.24. The summed E-state index contributed by atoms with van der Waals surface area (Å²) in [5.41, 5.74) is 6.70. The molecule has 0 spiro atoms. The van der Waals surface area contributed by atoms with Gasteiger partial charge in [-0.15, -0.1) is 0 Å². The fraction of sp³-hybridized carbons (Fsp3) is 0.462. The van der Waals surface area contributed by atoms with E-state index in [0.717, 1.165) is 0 Å². The molecule has 0 aliphatic heterocycles. The fourth-order valence-electron chi connectivity index (χ4n) is 2.02. The number of carbonyl (C=O) groups is 1. The van der Waals surface area contributed by atoms with E-state index in [9.17, 15) is 13.2 Å². The van der Waals surface area contributed by atoms with Crippen LogP contribution < -0.4 is 15.8 Å². The van der Waals surface area contributed by atoms with Gasteiger partial charge in [0.2, 0.25) is 15.9 Å². The second kappa shape index (κ2) is 6.77. The average Bonchev–Trinajstić information content (AvgIpc) is 2.38. The molecule has 0 aliphatic carbocycles. The summed E-state index contributed by atoms with van der Waals surface area (Å²) in [7, 11) is -2.06. The number of carbonyl (C=O) groups excluding carboxylic acids is 1. The van der Waals surface area contributed by atoms with Crippen LogP contribution in [0.3, 0.4) is 0 Å². The Kier molecular flexibility index (Phi) is 5.56. The Hall–Kier alpha value is -1.80. The molecule has 0 unspecified atom stereocenters. The molecule has 118 valence electrons. The third kappa shape index (κ3) is 4.33. The predicted molar refractivity (Wildman–Crippen MR) is 83.4 cm³/mol. The smallest absolute Gasteiger partial charge is 0.242 e. The molecule has 1 aromatic rings. The van der Waals surface area contributed by atoms with Gasteiger partial charge in [0.25, 0.3) is 0 Å². The Morgan fingerprint density at radius 1 is 1.24 bits per heavy atom. The summed E-state index contributed by atoms with van der Waals surface area (Å²) in [6.07, 6.45) is 0. The molecule has 0 saturated carbocycles. The lowest BCUT2D eigenvalue weighted by Gasteiger charge is -2.25. The minimum absolute atomic E-state index is 0.0163. The molecular weight excluding hydrogens is 292 g/mol. The van der Waals surface area contributed by atoms with E-state index in [1.807, 2.05) is 13.8 Å². The Morgan fingerprint density at radius 2 is 1.81 bits per heavy atom. The summed E-state index contributed by atoms with van der Waals surface area (Å²) in [5, 5.41) is 5.05. The standard InChI is InChI=1S/C13H22N4O3S/c1-4-17(5-2)13(18)9-16(3)12-7-6-10(8-11(12)14)21(15,19)20/h6-8H,4-5,9,14H2,1-3H3,(H2,15,19,20). The summed E-state index contributed by atoms with van der Waals surface area (Å²) < 4.78 is 22.5. The lowest BCUT2D eigenvalue weighted by Crippen LogP contribution is -2.39. The number of anilines is 2. The first-order valence-corrected chi connectivity index (χ1v) is 8.16.